The van der Waals surface area contributed by atoms with E-state index >= 15 is 0 Å². The van der Waals surface area contributed by atoms with Crippen LogP contribution in [-0.2, 0) is 58.9 Å². The average molecular weight is 1500 g/mol. The number of nitrogens with one attached hydrogen (secondary N) is 4. The van der Waals surface area contributed by atoms with Crippen LogP contribution in [0.3, 0.4) is 0 Å². The molecule has 2 aliphatic heterocycles. The van der Waals surface area contributed by atoms with Crippen LogP contribution >= 0.6 is 22.6 Å². The predicted molar refractivity (Wildman–Crippen MR) is 373 cm³/mol. The van der Waals surface area contributed by atoms with Gasteiger partial charge in [0, 0.05) is 120 Å². The second-order valence-electron chi connectivity index (χ2n) is 24.5. The number of halogens is 1. The van der Waals surface area contributed by atoms with Gasteiger partial charge in [-0.2, -0.15) is 0 Å². The number of hydrogen-bond acceptors (Lipinski definition) is 21. The molecule has 5 amide bonds. The number of rotatable bonds is 41. The maximum Gasteiger partial charge on any atom is 0.317 e. The fourth-order valence-electron chi connectivity index (χ4n) is 11.3. The zero-order valence-electron chi connectivity index (χ0n) is 57.0. The number of likely N-dealkylation sites (tertiary alicyclic amines) is 1. The van der Waals surface area contributed by atoms with Crippen LogP contribution < -0.4 is 26.0 Å². The highest BCUT2D eigenvalue weighted by molar-refractivity contribution is 14.1. The first-order valence-corrected chi connectivity index (χ1v) is 35.0. The molecular weight excluding hydrogens is 1400 g/mol. The molecule has 0 spiro atoms. The van der Waals surface area contributed by atoms with Crippen LogP contribution in [0.15, 0.2) is 60.7 Å². The summed E-state index contributed by atoms with van der Waals surface area (Å²) in [4.78, 5) is 110. The van der Waals surface area contributed by atoms with Crippen molar-refractivity contribution in [3.05, 3.63) is 81.2 Å². The molecule has 0 bridgehead atoms. The third-order valence-electron chi connectivity index (χ3n) is 16.6. The Bertz CT molecular complexity index is 3160. The van der Waals surface area contributed by atoms with Crippen molar-refractivity contribution in [1.29, 1.82) is 0 Å². The molecule has 2 fully saturated rings. The lowest BCUT2D eigenvalue weighted by Crippen LogP contribution is -2.52. The number of aromatic hydroxyl groups is 2. The summed E-state index contributed by atoms with van der Waals surface area (Å²) in [5.41, 5.74) is 2.61. The minimum Gasteiger partial charge on any atom is -0.508 e. The molecule has 3 aromatic carbocycles. The van der Waals surface area contributed by atoms with E-state index in [1.54, 1.807) is 61.4 Å². The molecule has 0 radical (unpaired) electrons. The van der Waals surface area contributed by atoms with Crippen molar-refractivity contribution in [1.82, 2.24) is 60.5 Å². The molecular formula is C68H99IN12O18. The van der Waals surface area contributed by atoms with E-state index in [1.165, 1.54) is 6.07 Å². The molecule has 546 valence electrons. The SMILES string of the molecule is CCNC(=O)c1nnc(-c2cc(C(C)C)c(O)cc2O)n1-c1ccc(OC2CCN(C(=O)CCOCCOCCOCCOCCNC(=O)[C@H](CCCCNC(=O)CCCc3ccc(I)cc3)NC(=O)CN3CCN(CC(=O)O)CCN(CC(=O)O)CCN(CC(=O)O)CC3)CC2)cc1. The number of aryl methyl sites for hydroxylation is 1. The average Bonchev–Trinajstić information content (AvgIpc) is 1.68. The van der Waals surface area contributed by atoms with E-state index in [9.17, 15) is 63.9 Å². The van der Waals surface area contributed by atoms with Crippen molar-refractivity contribution >= 4 is 70.0 Å². The number of ether oxygens (including phenoxy) is 5. The summed E-state index contributed by atoms with van der Waals surface area (Å²) in [6.45, 7) is 10.3. The van der Waals surface area contributed by atoms with Gasteiger partial charge in [0.05, 0.1) is 91.0 Å². The van der Waals surface area contributed by atoms with Crippen molar-refractivity contribution in [2.75, 3.05) is 164 Å². The summed E-state index contributed by atoms with van der Waals surface area (Å²) >= 11 is 2.25. The lowest BCUT2D eigenvalue weighted by Gasteiger charge is -2.33. The quantitative estimate of drug-likeness (QED) is 0.0228. The van der Waals surface area contributed by atoms with Gasteiger partial charge in [-0.15, -0.1) is 10.2 Å². The van der Waals surface area contributed by atoms with Gasteiger partial charge < -0.3 is 75.4 Å². The predicted octanol–water partition coefficient (Wildman–Crippen LogP) is 3.04. The Morgan fingerprint density at radius 3 is 1.68 bits per heavy atom. The van der Waals surface area contributed by atoms with E-state index in [4.69, 9.17) is 23.7 Å². The molecule has 9 N–H and O–H groups in total. The lowest BCUT2D eigenvalue weighted by atomic mass is 9.98. The normalized spacial score (nSPS) is 15.2. The number of aromatic nitrogens is 3. The topological polar surface area (TPSA) is 379 Å². The monoisotopic (exact) mass is 1500 g/mol. The summed E-state index contributed by atoms with van der Waals surface area (Å²) in [5, 5.41) is 70.1. The molecule has 0 saturated carbocycles. The number of carbonyl (C=O) groups excluding carboxylic acids is 5. The smallest absolute Gasteiger partial charge is 0.317 e. The number of aliphatic carboxylic acids is 3. The number of piperidine rings is 1. The van der Waals surface area contributed by atoms with E-state index < -0.39 is 41.7 Å². The van der Waals surface area contributed by atoms with E-state index in [2.05, 4.69) is 66.2 Å². The summed E-state index contributed by atoms with van der Waals surface area (Å²) in [7, 11) is 0. The van der Waals surface area contributed by atoms with Crippen LogP contribution in [0.25, 0.3) is 17.1 Å². The highest BCUT2D eigenvalue weighted by Gasteiger charge is 2.29. The molecule has 31 heteroatoms. The van der Waals surface area contributed by atoms with E-state index in [-0.39, 0.29) is 171 Å². The third kappa shape index (κ3) is 29.6. The zero-order valence-corrected chi connectivity index (χ0v) is 59.2. The molecule has 30 nitrogen and oxygen atoms in total. The van der Waals surface area contributed by atoms with Crippen LogP contribution in [0.4, 0.5) is 0 Å². The zero-order chi connectivity index (χ0) is 71.5. The Morgan fingerprint density at radius 1 is 0.586 bits per heavy atom. The first-order chi connectivity index (χ1) is 47.6. The highest BCUT2D eigenvalue weighted by atomic mass is 127. The first kappa shape index (κ1) is 80.3. The molecule has 2 aliphatic rings. The minimum absolute atomic E-state index is 0.0148. The van der Waals surface area contributed by atoms with Gasteiger partial charge in [0.2, 0.25) is 29.5 Å². The van der Waals surface area contributed by atoms with Gasteiger partial charge in [0.1, 0.15) is 29.4 Å². The number of benzene rings is 3. The van der Waals surface area contributed by atoms with Crippen LogP contribution in [0.5, 0.6) is 17.2 Å². The number of amides is 5. The van der Waals surface area contributed by atoms with Crippen LogP contribution in [0.2, 0.25) is 0 Å². The number of hydrogen-bond donors (Lipinski definition) is 9. The van der Waals surface area contributed by atoms with Gasteiger partial charge >= 0.3 is 17.9 Å². The van der Waals surface area contributed by atoms with Gasteiger partial charge in [0.15, 0.2) is 5.82 Å². The second kappa shape index (κ2) is 43.8. The molecule has 2 saturated heterocycles. The number of nitrogens with zero attached hydrogens (tertiary/aromatic N) is 8. The number of carboxylic acid groups (broad SMARTS) is 3. The molecule has 4 aromatic rings. The van der Waals surface area contributed by atoms with Crippen molar-refractivity contribution in [2.24, 2.45) is 0 Å². The van der Waals surface area contributed by atoms with E-state index in [1.807, 2.05) is 30.9 Å². The van der Waals surface area contributed by atoms with Gasteiger partial charge in [-0.3, -0.25) is 62.5 Å². The lowest BCUT2D eigenvalue weighted by molar-refractivity contribution is -0.140. The molecule has 99 heavy (non-hydrogen) atoms. The molecule has 3 heterocycles. The van der Waals surface area contributed by atoms with Crippen molar-refractivity contribution in [3.8, 4) is 34.3 Å². The number of unbranched alkanes of at least 4 members (excludes halogenated alkanes) is 1. The molecule has 0 unspecified atom stereocenters. The number of phenolic OH excluding ortho intramolecular Hbond substituents is 2. The fourth-order valence-corrected chi connectivity index (χ4v) is 11.6. The second-order valence-corrected chi connectivity index (χ2v) is 25.8. The van der Waals surface area contributed by atoms with Crippen molar-refractivity contribution in [2.45, 2.75) is 96.6 Å². The van der Waals surface area contributed by atoms with E-state index in [0.717, 1.165) is 15.6 Å². The number of carbonyl (C=O) groups is 8. The van der Waals surface area contributed by atoms with Gasteiger partial charge in [-0.05, 0) is 121 Å². The van der Waals surface area contributed by atoms with E-state index in [0.29, 0.717) is 114 Å². The Balaban J connectivity index is 0.857. The first-order valence-electron chi connectivity index (χ1n) is 33.9. The minimum atomic E-state index is -1.07. The molecule has 1 atom stereocenters. The third-order valence-corrected chi connectivity index (χ3v) is 17.3. The van der Waals surface area contributed by atoms with Crippen molar-refractivity contribution in [3.63, 3.8) is 0 Å². The number of carboxylic acids is 3. The van der Waals surface area contributed by atoms with Gasteiger partial charge in [0.25, 0.3) is 5.91 Å². The standard InChI is InChI=1S/C68H99IN12O18/c1-4-70-68(94)66-75-74-65(55-42-54(48(2)3)57(82)43-58(55)83)81(66)51-15-17-52(18-16-51)99-53-19-24-80(25-20-53)61(86)21-34-95-36-38-97-40-41-98-39-37-96-35-23-72-67(93)56(9-5-6-22-71-59(84)10-7-8-49-11-13-50(69)14-12-49)73-60(85)44-76-26-28-77(45-62(87)88)30-32-79(47-64(91)92)33-31-78(29-27-76)46-63(89)90/h11-18,42-43,48,53,56,82-83H,4-10,19-41,44-47H2,1-3H3,(H,70,94)(H,71,84)(H,72,93)(H,73,85)(H,87,88)(H,89,90)(H,91,92)/t56-/m0/s1. The maximum atomic E-state index is 13.8. The van der Waals surface area contributed by atoms with Crippen molar-refractivity contribution < 1.29 is 87.6 Å². The molecule has 0 aliphatic carbocycles. The van der Waals surface area contributed by atoms with Crippen LogP contribution in [0.1, 0.15) is 99.8 Å². The summed E-state index contributed by atoms with van der Waals surface area (Å²) in [5.74, 6) is -4.14. The Hall–Kier alpha value is -7.63. The van der Waals surface area contributed by atoms with Gasteiger partial charge in [-0.25, -0.2) is 0 Å². The van der Waals surface area contributed by atoms with Gasteiger partial charge in [-0.1, -0.05) is 26.0 Å². The Labute approximate surface area is 591 Å². The Kier molecular flexibility index (Phi) is 35.5. The highest BCUT2D eigenvalue weighted by Crippen LogP contribution is 2.38. The maximum absolute atomic E-state index is 13.8. The Morgan fingerprint density at radius 2 is 1.13 bits per heavy atom. The molecule has 1 aromatic heterocycles. The van der Waals surface area contributed by atoms with Crippen LogP contribution in [0, 0.1) is 3.57 Å². The fraction of sp³-hybridized carbons (Fsp3) is 0.588. The number of phenols is 2. The largest absolute Gasteiger partial charge is 0.508 e. The summed E-state index contributed by atoms with van der Waals surface area (Å²) < 4.78 is 31.7. The van der Waals surface area contributed by atoms with Crippen LogP contribution in [-0.4, -0.2) is 289 Å². The summed E-state index contributed by atoms with van der Waals surface area (Å²) in [6, 6.07) is 17.2. The molecule has 6 rings (SSSR count). The summed E-state index contributed by atoms with van der Waals surface area (Å²) in [6.07, 6.45) is 4.48.